The fourth-order valence-corrected chi connectivity index (χ4v) is 5.28. The molecule has 4 aliphatic rings. The number of carbonyl (C=O) groups excluding carboxylic acids is 3. The van der Waals surface area contributed by atoms with Gasteiger partial charge in [0.2, 0.25) is 5.60 Å². The van der Waals surface area contributed by atoms with Gasteiger partial charge in [-0.3, -0.25) is 9.59 Å². The van der Waals surface area contributed by atoms with E-state index in [0.717, 1.165) is 22.3 Å². The summed E-state index contributed by atoms with van der Waals surface area (Å²) in [5.41, 5.74) is 0.788. The molecule has 0 radical (unpaired) electrons. The second-order valence-electron chi connectivity index (χ2n) is 7.33. The maximum atomic E-state index is 13.0. The van der Waals surface area contributed by atoms with E-state index in [0.29, 0.717) is 0 Å². The van der Waals surface area contributed by atoms with E-state index < -0.39 is 40.8 Å². The number of ether oxygens (including phenoxy) is 2. The summed E-state index contributed by atoms with van der Waals surface area (Å²) in [7, 11) is 0. The predicted molar refractivity (Wildman–Crippen MR) is 90.3 cm³/mol. The van der Waals surface area contributed by atoms with Crippen molar-refractivity contribution in [1.29, 1.82) is 0 Å². The van der Waals surface area contributed by atoms with Crippen LogP contribution in [0.2, 0.25) is 0 Å². The smallest absolute Gasteiger partial charge is 0.360 e. The molecule has 2 aromatic carbocycles. The Morgan fingerprint density at radius 1 is 0.885 bits per heavy atom. The molecule has 1 fully saturated rings. The van der Waals surface area contributed by atoms with E-state index in [2.05, 4.69) is 0 Å². The van der Waals surface area contributed by atoms with Gasteiger partial charge in [0.15, 0.2) is 0 Å². The lowest BCUT2D eigenvalue weighted by Crippen LogP contribution is -2.64. The van der Waals surface area contributed by atoms with Gasteiger partial charge in [-0.2, -0.15) is 0 Å². The number of benzene rings is 2. The van der Waals surface area contributed by atoms with Gasteiger partial charge in [-0.05, 0) is 29.2 Å². The minimum atomic E-state index is -1.68. The average Bonchev–Trinajstić information content (AvgIpc) is 2.81. The third-order valence-electron chi connectivity index (χ3n) is 6.21. The molecule has 0 aromatic heterocycles. The molecule has 26 heavy (non-hydrogen) atoms. The first-order valence-corrected chi connectivity index (χ1v) is 8.57. The van der Waals surface area contributed by atoms with Gasteiger partial charge in [-0.15, -0.1) is 0 Å². The Morgan fingerprint density at radius 3 is 1.81 bits per heavy atom. The summed E-state index contributed by atoms with van der Waals surface area (Å²) in [6.45, 7) is 2.94. The summed E-state index contributed by atoms with van der Waals surface area (Å²) in [6.07, 6.45) is 0. The summed E-state index contributed by atoms with van der Waals surface area (Å²) in [4.78, 5) is 37.9. The lowest BCUT2D eigenvalue weighted by atomic mass is 9.46. The summed E-state index contributed by atoms with van der Waals surface area (Å²) in [6, 6.07) is 15.4. The number of carbonyl (C=O) groups is 3. The molecular formula is C21H16O5. The quantitative estimate of drug-likeness (QED) is 0.585. The molecule has 3 aliphatic carbocycles. The van der Waals surface area contributed by atoms with E-state index in [1.54, 1.807) is 6.92 Å². The Kier molecular flexibility index (Phi) is 2.71. The van der Waals surface area contributed by atoms with Gasteiger partial charge < -0.3 is 9.47 Å². The van der Waals surface area contributed by atoms with Crippen LogP contribution in [0.25, 0.3) is 0 Å². The van der Waals surface area contributed by atoms with Crippen molar-refractivity contribution in [1.82, 2.24) is 0 Å². The van der Waals surface area contributed by atoms with Crippen LogP contribution in [0.5, 0.6) is 0 Å². The molecular weight excluding hydrogens is 332 g/mol. The third-order valence-corrected chi connectivity index (χ3v) is 6.21. The first-order valence-electron chi connectivity index (χ1n) is 8.57. The number of hydrogen-bond donors (Lipinski definition) is 0. The van der Waals surface area contributed by atoms with Crippen molar-refractivity contribution in [2.75, 3.05) is 0 Å². The van der Waals surface area contributed by atoms with Crippen LogP contribution in [0.3, 0.4) is 0 Å². The molecule has 130 valence electrons. The van der Waals surface area contributed by atoms with Gasteiger partial charge in [0.1, 0.15) is 5.41 Å². The van der Waals surface area contributed by atoms with Crippen molar-refractivity contribution in [3.05, 3.63) is 70.8 Å². The van der Waals surface area contributed by atoms with E-state index in [1.165, 1.54) is 6.92 Å². The van der Waals surface area contributed by atoms with Gasteiger partial charge in [-0.25, -0.2) is 4.79 Å². The van der Waals surface area contributed by atoms with Gasteiger partial charge >= 0.3 is 17.9 Å². The second-order valence-corrected chi connectivity index (χ2v) is 7.33. The number of hydrogen-bond acceptors (Lipinski definition) is 5. The van der Waals surface area contributed by atoms with Crippen LogP contribution in [-0.4, -0.2) is 23.5 Å². The molecule has 2 atom stereocenters. The Labute approximate surface area is 149 Å². The molecule has 1 saturated heterocycles. The van der Waals surface area contributed by atoms with Crippen molar-refractivity contribution < 1.29 is 23.9 Å². The monoisotopic (exact) mass is 348 g/mol. The molecule has 5 heteroatoms. The van der Waals surface area contributed by atoms with Crippen LogP contribution in [-0.2, 0) is 23.9 Å². The van der Waals surface area contributed by atoms with Gasteiger partial charge in [0.05, 0.1) is 5.92 Å². The zero-order valence-corrected chi connectivity index (χ0v) is 14.3. The lowest BCUT2D eigenvalue weighted by Gasteiger charge is -2.55. The van der Waals surface area contributed by atoms with E-state index in [1.807, 2.05) is 48.5 Å². The van der Waals surface area contributed by atoms with Gasteiger partial charge in [0.25, 0.3) is 0 Å². The van der Waals surface area contributed by atoms with Crippen LogP contribution < -0.4 is 0 Å². The summed E-state index contributed by atoms with van der Waals surface area (Å²) in [5, 5.41) is 0. The fraction of sp³-hybridized carbons (Fsp3) is 0.286. The SMILES string of the molecule is CC(=O)OC12C(=O)OC(=O)C1(C)C1c3ccccc3C2c2ccccc21. The zero-order chi connectivity index (χ0) is 18.3. The maximum absolute atomic E-state index is 13.0. The van der Waals surface area contributed by atoms with Crippen molar-refractivity contribution in [3.8, 4) is 0 Å². The molecule has 2 aromatic rings. The van der Waals surface area contributed by atoms with Gasteiger partial charge in [-0.1, -0.05) is 48.5 Å². The first-order chi connectivity index (χ1) is 12.4. The summed E-state index contributed by atoms with van der Waals surface area (Å²) < 4.78 is 10.8. The van der Waals surface area contributed by atoms with Crippen molar-refractivity contribution in [3.63, 3.8) is 0 Å². The molecule has 1 heterocycles. The van der Waals surface area contributed by atoms with Crippen LogP contribution in [0.15, 0.2) is 48.5 Å². The lowest BCUT2D eigenvalue weighted by molar-refractivity contribution is -0.185. The standard InChI is InChI=1S/C21H16O5/c1-11(22)26-21-17-14-9-5-3-7-12(14)16(13-8-4-6-10-15(13)17)20(21,2)18(23)25-19(21)24/h3-10,16-17H,1-2H3. The molecule has 6 rings (SSSR count). The molecule has 2 unspecified atom stereocenters. The Bertz CT molecular complexity index is 961. The predicted octanol–water partition coefficient (Wildman–Crippen LogP) is 2.67. The minimum Gasteiger partial charge on any atom is -0.445 e. The topological polar surface area (TPSA) is 69.7 Å². The molecule has 0 saturated carbocycles. The van der Waals surface area contributed by atoms with Crippen LogP contribution in [0.1, 0.15) is 47.9 Å². The molecule has 0 spiro atoms. The second kappa shape index (κ2) is 4.61. The molecule has 1 aliphatic heterocycles. The minimum absolute atomic E-state index is 0.418. The van der Waals surface area contributed by atoms with Crippen LogP contribution in [0.4, 0.5) is 0 Å². The van der Waals surface area contributed by atoms with E-state index in [-0.39, 0.29) is 0 Å². The van der Waals surface area contributed by atoms with Crippen LogP contribution >= 0.6 is 0 Å². The largest absolute Gasteiger partial charge is 0.445 e. The van der Waals surface area contributed by atoms with E-state index in [4.69, 9.17) is 9.47 Å². The highest BCUT2D eigenvalue weighted by Crippen LogP contribution is 2.69. The van der Waals surface area contributed by atoms with E-state index in [9.17, 15) is 14.4 Å². The average molecular weight is 348 g/mol. The third kappa shape index (κ3) is 1.43. The molecule has 5 nitrogen and oxygen atoms in total. The Hall–Kier alpha value is -2.95. The van der Waals surface area contributed by atoms with E-state index >= 15 is 0 Å². The zero-order valence-electron chi connectivity index (χ0n) is 14.3. The number of esters is 3. The highest BCUT2D eigenvalue weighted by Gasteiger charge is 2.79. The van der Waals surface area contributed by atoms with Crippen molar-refractivity contribution in [2.45, 2.75) is 31.3 Å². The van der Waals surface area contributed by atoms with Crippen molar-refractivity contribution >= 4 is 17.9 Å². The summed E-state index contributed by atoms with van der Waals surface area (Å²) >= 11 is 0. The number of cyclic esters (lactones) is 2. The first kappa shape index (κ1) is 15.3. The maximum Gasteiger partial charge on any atom is 0.360 e. The van der Waals surface area contributed by atoms with Gasteiger partial charge in [0, 0.05) is 12.8 Å². The summed E-state index contributed by atoms with van der Waals surface area (Å²) in [5.74, 6) is -3.02. The molecule has 2 bridgehead atoms. The highest BCUT2D eigenvalue weighted by atomic mass is 16.6. The number of rotatable bonds is 1. The van der Waals surface area contributed by atoms with Crippen molar-refractivity contribution in [2.24, 2.45) is 5.41 Å². The normalized spacial score (nSPS) is 33.2. The molecule has 0 amide bonds. The van der Waals surface area contributed by atoms with Crippen LogP contribution in [0, 0.1) is 5.41 Å². The highest BCUT2D eigenvalue weighted by molar-refractivity contribution is 6.08. The Morgan fingerprint density at radius 2 is 1.35 bits per heavy atom. The Balaban J connectivity index is 1.95. The molecule has 0 N–H and O–H groups in total. The fourth-order valence-electron chi connectivity index (χ4n) is 5.28.